The third-order valence-electron chi connectivity index (χ3n) is 4.46. The molecule has 1 aromatic carbocycles. The third kappa shape index (κ3) is 3.37. The Hall–Kier alpha value is -1.71. The van der Waals surface area contributed by atoms with E-state index in [9.17, 15) is 0 Å². The first-order chi connectivity index (χ1) is 10.8. The number of nitrogens with one attached hydrogen (secondary N) is 1. The summed E-state index contributed by atoms with van der Waals surface area (Å²) in [5.74, 6) is 0. The maximum absolute atomic E-state index is 4.35. The average molecular weight is 295 g/mol. The maximum atomic E-state index is 4.35. The number of hydrogen-bond donors (Lipinski definition) is 1. The normalized spacial score (nSPS) is 17.9. The van der Waals surface area contributed by atoms with Gasteiger partial charge in [0.2, 0.25) is 0 Å². The smallest absolute Gasteiger partial charge is 0.0620 e. The summed E-state index contributed by atoms with van der Waals surface area (Å²) in [5, 5.41) is 3.50. The Morgan fingerprint density at radius 3 is 2.82 bits per heavy atom. The number of rotatable bonds is 3. The Bertz CT molecular complexity index is 601. The molecule has 0 amide bonds. The van der Waals surface area contributed by atoms with Gasteiger partial charge in [-0.2, -0.15) is 0 Å². The Labute approximate surface area is 133 Å². The van der Waals surface area contributed by atoms with Gasteiger partial charge in [0.25, 0.3) is 0 Å². The average Bonchev–Trinajstić information content (AvgIpc) is 2.80. The van der Waals surface area contributed by atoms with E-state index in [4.69, 9.17) is 0 Å². The molecule has 1 aliphatic rings. The molecule has 3 heteroatoms. The van der Waals surface area contributed by atoms with Gasteiger partial charge in [-0.1, -0.05) is 29.8 Å². The largest absolute Gasteiger partial charge is 0.315 e. The Morgan fingerprint density at radius 2 is 2.05 bits per heavy atom. The zero-order chi connectivity index (χ0) is 15.4. The van der Waals surface area contributed by atoms with Gasteiger partial charge < -0.3 is 5.32 Å². The summed E-state index contributed by atoms with van der Waals surface area (Å²) in [7, 11) is 0. The SMILES string of the molecule is Cc1ccc(C(c2cccnc2)N2CCCNCC2)c(C)c1. The van der Waals surface area contributed by atoms with Crippen molar-refractivity contribution in [2.75, 3.05) is 26.2 Å². The summed E-state index contributed by atoms with van der Waals surface area (Å²) >= 11 is 0. The fourth-order valence-electron chi connectivity index (χ4n) is 3.38. The first-order valence-electron chi connectivity index (χ1n) is 8.17. The predicted molar refractivity (Wildman–Crippen MR) is 91.1 cm³/mol. The van der Waals surface area contributed by atoms with Crippen molar-refractivity contribution in [1.82, 2.24) is 15.2 Å². The lowest BCUT2D eigenvalue weighted by molar-refractivity contribution is 0.240. The lowest BCUT2D eigenvalue weighted by Crippen LogP contribution is -2.33. The van der Waals surface area contributed by atoms with Crippen molar-refractivity contribution in [2.24, 2.45) is 0 Å². The van der Waals surface area contributed by atoms with Gasteiger partial charge in [0.1, 0.15) is 0 Å². The summed E-state index contributed by atoms with van der Waals surface area (Å²) in [5.41, 5.74) is 5.38. The molecule has 1 saturated heterocycles. The minimum absolute atomic E-state index is 0.300. The first-order valence-corrected chi connectivity index (χ1v) is 8.17. The molecule has 2 aromatic rings. The van der Waals surface area contributed by atoms with E-state index in [1.165, 1.54) is 28.7 Å². The summed E-state index contributed by atoms with van der Waals surface area (Å²) < 4.78 is 0. The fourth-order valence-corrected chi connectivity index (χ4v) is 3.38. The molecule has 1 aromatic heterocycles. The van der Waals surface area contributed by atoms with Gasteiger partial charge in [-0.25, -0.2) is 0 Å². The van der Waals surface area contributed by atoms with Crippen LogP contribution < -0.4 is 5.32 Å². The monoisotopic (exact) mass is 295 g/mol. The fraction of sp³-hybridized carbons (Fsp3) is 0.421. The van der Waals surface area contributed by atoms with Gasteiger partial charge in [0.05, 0.1) is 6.04 Å². The van der Waals surface area contributed by atoms with Crippen LogP contribution in [0.5, 0.6) is 0 Å². The quantitative estimate of drug-likeness (QED) is 0.943. The highest BCUT2D eigenvalue weighted by molar-refractivity contribution is 5.38. The van der Waals surface area contributed by atoms with Gasteiger partial charge in [0.15, 0.2) is 0 Å². The maximum Gasteiger partial charge on any atom is 0.0620 e. The number of nitrogens with zero attached hydrogens (tertiary/aromatic N) is 2. The molecule has 3 rings (SSSR count). The number of hydrogen-bond acceptors (Lipinski definition) is 3. The van der Waals surface area contributed by atoms with Crippen molar-refractivity contribution in [2.45, 2.75) is 26.3 Å². The van der Waals surface area contributed by atoms with E-state index in [0.29, 0.717) is 6.04 Å². The number of benzene rings is 1. The minimum Gasteiger partial charge on any atom is -0.315 e. The summed E-state index contributed by atoms with van der Waals surface area (Å²) in [6, 6.07) is 11.4. The standard InChI is InChI=1S/C19H25N3/c1-15-6-7-18(16(2)13-15)19(17-5-3-8-21-14-17)22-11-4-9-20-10-12-22/h3,5-8,13-14,19-20H,4,9-12H2,1-2H3. The molecule has 1 unspecified atom stereocenters. The molecule has 0 spiro atoms. The molecule has 0 saturated carbocycles. The predicted octanol–water partition coefficient (Wildman–Crippen LogP) is 3.08. The van der Waals surface area contributed by atoms with Crippen LogP contribution in [-0.4, -0.2) is 36.1 Å². The molecule has 3 nitrogen and oxygen atoms in total. The molecule has 1 N–H and O–H groups in total. The lowest BCUT2D eigenvalue weighted by atomic mass is 9.93. The van der Waals surface area contributed by atoms with Crippen LogP contribution in [0, 0.1) is 13.8 Å². The zero-order valence-corrected chi connectivity index (χ0v) is 13.5. The second-order valence-corrected chi connectivity index (χ2v) is 6.19. The highest BCUT2D eigenvalue weighted by atomic mass is 15.2. The summed E-state index contributed by atoms with van der Waals surface area (Å²) in [6.45, 7) is 8.76. The van der Waals surface area contributed by atoms with Crippen LogP contribution in [0.4, 0.5) is 0 Å². The van der Waals surface area contributed by atoms with Crippen LogP contribution in [0.1, 0.15) is 34.7 Å². The van der Waals surface area contributed by atoms with Gasteiger partial charge in [-0.15, -0.1) is 0 Å². The highest BCUT2D eigenvalue weighted by Crippen LogP contribution is 2.31. The molecule has 116 valence electrons. The molecular weight excluding hydrogens is 270 g/mol. The first kappa shape index (κ1) is 15.2. The van der Waals surface area contributed by atoms with Crippen molar-refractivity contribution >= 4 is 0 Å². The molecular formula is C19H25N3. The lowest BCUT2D eigenvalue weighted by Gasteiger charge is -2.32. The van der Waals surface area contributed by atoms with Crippen molar-refractivity contribution in [1.29, 1.82) is 0 Å². The van der Waals surface area contributed by atoms with Crippen molar-refractivity contribution in [3.05, 3.63) is 65.0 Å². The molecule has 1 fully saturated rings. The van der Waals surface area contributed by atoms with E-state index in [0.717, 1.165) is 26.2 Å². The topological polar surface area (TPSA) is 28.2 Å². The molecule has 22 heavy (non-hydrogen) atoms. The second kappa shape index (κ2) is 7.03. The van der Waals surface area contributed by atoms with Gasteiger partial charge in [-0.3, -0.25) is 9.88 Å². The van der Waals surface area contributed by atoms with E-state index >= 15 is 0 Å². The van der Waals surface area contributed by atoms with Crippen LogP contribution >= 0.6 is 0 Å². The summed E-state index contributed by atoms with van der Waals surface area (Å²) in [4.78, 5) is 6.95. The third-order valence-corrected chi connectivity index (χ3v) is 4.46. The van der Waals surface area contributed by atoms with Crippen LogP contribution in [-0.2, 0) is 0 Å². The van der Waals surface area contributed by atoms with E-state index in [2.05, 4.69) is 53.3 Å². The van der Waals surface area contributed by atoms with Gasteiger partial charge in [-0.05, 0) is 49.6 Å². The minimum atomic E-state index is 0.300. The number of aromatic nitrogens is 1. The van der Waals surface area contributed by atoms with Crippen molar-refractivity contribution < 1.29 is 0 Å². The van der Waals surface area contributed by atoms with Crippen LogP contribution in [0.15, 0.2) is 42.7 Å². The number of pyridine rings is 1. The second-order valence-electron chi connectivity index (χ2n) is 6.19. The van der Waals surface area contributed by atoms with Crippen LogP contribution in [0.3, 0.4) is 0 Å². The van der Waals surface area contributed by atoms with E-state index in [-0.39, 0.29) is 0 Å². The zero-order valence-electron chi connectivity index (χ0n) is 13.5. The number of aryl methyl sites for hydroxylation is 2. The highest BCUT2D eigenvalue weighted by Gasteiger charge is 2.24. The Morgan fingerprint density at radius 1 is 1.14 bits per heavy atom. The van der Waals surface area contributed by atoms with Gasteiger partial charge in [0, 0.05) is 32.0 Å². The Kier molecular flexibility index (Phi) is 4.86. The van der Waals surface area contributed by atoms with E-state index in [1.54, 1.807) is 0 Å². The molecule has 0 bridgehead atoms. The van der Waals surface area contributed by atoms with Gasteiger partial charge >= 0.3 is 0 Å². The van der Waals surface area contributed by atoms with E-state index in [1.807, 2.05) is 18.5 Å². The molecule has 1 aliphatic heterocycles. The molecule has 2 heterocycles. The molecule has 0 aliphatic carbocycles. The van der Waals surface area contributed by atoms with Crippen LogP contribution in [0.25, 0.3) is 0 Å². The molecule has 0 radical (unpaired) electrons. The summed E-state index contributed by atoms with van der Waals surface area (Å²) in [6.07, 6.45) is 5.07. The van der Waals surface area contributed by atoms with E-state index < -0.39 is 0 Å². The van der Waals surface area contributed by atoms with Crippen molar-refractivity contribution in [3.8, 4) is 0 Å². The Balaban J connectivity index is 2.02. The van der Waals surface area contributed by atoms with Crippen molar-refractivity contribution in [3.63, 3.8) is 0 Å². The van der Waals surface area contributed by atoms with Crippen LogP contribution in [0.2, 0.25) is 0 Å². The molecule has 1 atom stereocenters.